The molecule has 0 radical (unpaired) electrons. The largest absolute Gasteiger partial charge is 0.465 e. The third-order valence-electron chi connectivity index (χ3n) is 3.99. The molecule has 0 fully saturated rings. The van der Waals surface area contributed by atoms with Crippen LogP contribution < -0.4 is 5.73 Å². The highest BCUT2D eigenvalue weighted by atomic mass is 16.5. The Hall–Kier alpha value is -2.40. The molecule has 0 unspecified atom stereocenters. The number of hydrogen-bond donors (Lipinski definition) is 1. The molecule has 2 rings (SSSR count). The van der Waals surface area contributed by atoms with Crippen LogP contribution in [0, 0.1) is 6.92 Å². The van der Waals surface area contributed by atoms with Gasteiger partial charge in [-0.2, -0.15) is 0 Å². The fraction of sp³-hybridized carbons (Fsp3) is 0.368. The van der Waals surface area contributed by atoms with E-state index >= 15 is 0 Å². The highest BCUT2D eigenvalue weighted by Gasteiger charge is 2.09. The Kier molecular flexibility index (Phi) is 6.32. The zero-order chi connectivity index (χ0) is 17.5. The summed E-state index contributed by atoms with van der Waals surface area (Å²) >= 11 is 0. The van der Waals surface area contributed by atoms with Crippen LogP contribution in [0.4, 0.5) is 5.82 Å². The maximum absolute atomic E-state index is 11.5. The van der Waals surface area contributed by atoms with Crippen molar-refractivity contribution < 1.29 is 14.3 Å². The minimum atomic E-state index is -0.327. The average Bonchev–Trinajstić information content (AvgIpc) is 2.59. The summed E-state index contributed by atoms with van der Waals surface area (Å²) in [5.41, 5.74) is 10.8. The Bertz CT molecular complexity index is 697. The number of hydrogen-bond acceptors (Lipinski definition) is 5. The lowest BCUT2D eigenvalue weighted by atomic mass is 9.99. The van der Waals surface area contributed by atoms with E-state index in [9.17, 15) is 4.79 Å². The van der Waals surface area contributed by atoms with Crippen molar-refractivity contribution >= 4 is 11.8 Å². The SMILES string of the molecule is COCCCc1cc(Cc2ccc(C(=O)OC)cc2)c(C)nc1N. The Balaban J connectivity index is 2.16. The number of nitrogens with zero attached hydrogens (tertiary/aromatic N) is 1. The van der Waals surface area contributed by atoms with Crippen LogP contribution in [0.15, 0.2) is 30.3 Å². The quantitative estimate of drug-likeness (QED) is 0.625. The van der Waals surface area contributed by atoms with Crippen molar-refractivity contribution in [2.75, 3.05) is 26.6 Å². The molecule has 0 bridgehead atoms. The lowest BCUT2D eigenvalue weighted by molar-refractivity contribution is 0.0600. The van der Waals surface area contributed by atoms with Crippen LogP contribution in [-0.2, 0) is 22.3 Å². The molecule has 2 N–H and O–H groups in total. The van der Waals surface area contributed by atoms with Crippen LogP contribution in [0.2, 0.25) is 0 Å². The summed E-state index contributed by atoms with van der Waals surface area (Å²) in [5, 5.41) is 0. The predicted molar refractivity (Wildman–Crippen MR) is 94.2 cm³/mol. The molecule has 0 aliphatic rings. The first-order valence-electron chi connectivity index (χ1n) is 7.96. The molecule has 0 spiro atoms. The Morgan fingerprint density at radius 3 is 2.50 bits per heavy atom. The van der Waals surface area contributed by atoms with Crippen molar-refractivity contribution in [2.24, 2.45) is 0 Å². The molecule has 0 saturated heterocycles. The van der Waals surface area contributed by atoms with Gasteiger partial charge in [0.2, 0.25) is 0 Å². The van der Waals surface area contributed by atoms with Gasteiger partial charge in [0.25, 0.3) is 0 Å². The van der Waals surface area contributed by atoms with Crippen LogP contribution in [-0.4, -0.2) is 31.8 Å². The van der Waals surface area contributed by atoms with Crippen molar-refractivity contribution in [3.63, 3.8) is 0 Å². The summed E-state index contributed by atoms with van der Waals surface area (Å²) in [4.78, 5) is 16.0. The second kappa shape index (κ2) is 8.45. The summed E-state index contributed by atoms with van der Waals surface area (Å²) in [6.45, 7) is 2.67. The van der Waals surface area contributed by atoms with E-state index in [1.165, 1.54) is 7.11 Å². The zero-order valence-electron chi connectivity index (χ0n) is 14.5. The lowest BCUT2D eigenvalue weighted by Gasteiger charge is -2.11. The molecule has 0 aliphatic heterocycles. The average molecular weight is 328 g/mol. The van der Waals surface area contributed by atoms with Crippen LogP contribution >= 0.6 is 0 Å². The summed E-state index contributed by atoms with van der Waals surface area (Å²) in [6, 6.07) is 9.56. The summed E-state index contributed by atoms with van der Waals surface area (Å²) in [6.07, 6.45) is 2.51. The van der Waals surface area contributed by atoms with E-state index in [-0.39, 0.29) is 5.97 Å². The van der Waals surface area contributed by atoms with Crippen LogP contribution in [0.5, 0.6) is 0 Å². The van der Waals surface area contributed by atoms with E-state index in [2.05, 4.69) is 11.1 Å². The van der Waals surface area contributed by atoms with E-state index in [0.29, 0.717) is 18.0 Å². The molecule has 2 aromatic rings. The molecule has 128 valence electrons. The topological polar surface area (TPSA) is 74.4 Å². The standard InChI is InChI=1S/C19H24N2O3/c1-13-17(12-16(18(20)21-13)5-4-10-23-2)11-14-6-8-15(9-7-14)19(22)24-3/h6-9,12H,4-5,10-11H2,1-3H3,(H2,20,21). The van der Waals surface area contributed by atoms with E-state index in [4.69, 9.17) is 15.2 Å². The van der Waals surface area contributed by atoms with Crippen LogP contribution in [0.3, 0.4) is 0 Å². The number of anilines is 1. The molecule has 24 heavy (non-hydrogen) atoms. The van der Waals surface area contributed by atoms with Crippen molar-refractivity contribution in [3.8, 4) is 0 Å². The number of esters is 1. The maximum atomic E-state index is 11.5. The lowest BCUT2D eigenvalue weighted by Crippen LogP contribution is -2.05. The molecule has 5 heteroatoms. The number of pyridine rings is 1. The highest BCUT2D eigenvalue weighted by Crippen LogP contribution is 2.20. The van der Waals surface area contributed by atoms with Gasteiger partial charge in [0.1, 0.15) is 5.82 Å². The van der Waals surface area contributed by atoms with Crippen molar-refractivity contribution in [3.05, 3.63) is 58.3 Å². The van der Waals surface area contributed by atoms with Crippen molar-refractivity contribution in [1.29, 1.82) is 0 Å². The van der Waals surface area contributed by atoms with Crippen molar-refractivity contribution in [1.82, 2.24) is 4.98 Å². The van der Waals surface area contributed by atoms with Crippen LogP contribution in [0.25, 0.3) is 0 Å². The monoisotopic (exact) mass is 328 g/mol. The first-order valence-corrected chi connectivity index (χ1v) is 7.96. The number of aromatic nitrogens is 1. The Morgan fingerprint density at radius 1 is 1.17 bits per heavy atom. The fourth-order valence-electron chi connectivity index (χ4n) is 2.60. The fourth-order valence-corrected chi connectivity index (χ4v) is 2.60. The smallest absolute Gasteiger partial charge is 0.337 e. The molecule has 0 aliphatic carbocycles. The van der Waals surface area contributed by atoms with Gasteiger partial charge in [0.15, 0.2) is 0 Å². The molecule has 1 heterocycles. The minimum Gasteiger partial charge on any atom is -0.465 e. The van der Waals surface area contributed by atoms with Gasteiger partial charge in [-0.25, -0.2) is 9.78 Å². The molecular formula is C19H24N2O3. The Morgan fingerprint density at radius 2 is 1.88 bits per heavy atom. The number of nitrogens with two attached hydrogens (primary N) is 1. The third kappa shape index (κ3) is 4.55. The van der Waals surface area contributed by atoms with E-state index < -0.39 is 0 Å². The first kappa shape index (κ1) is 17.9. The molecule has 0 saturated carbocycles. The Labute approximate surface area is 142 Å². The summed E-state index contributed by atoms with van der Waals surface area (Å²) in [5.74, 6) is 0.265. The first-order chi connectivity index (χ1) is 11.5. The van der Waals surface area contributed by atoms with Gasteiger partial charge >= 0.3 is 5.97 Å². The van der Waals surface area contributed by atoms with E-state index in [1.54, 1.807) is 19.2 Å². The van der Waals surface area contributed by atoms with Crippen LogP contribution in [0.1, 0.15) is 39.2 Å². The predicted octanol–water partition coefficient (Wildman–Crippen LogP) is 2.93. The number of carbonyl (C=O) groups is 1. The van der Waals surface area contributed by atoms with E-state index in [1.807, 2.05) is 19.1 Å². The molecule has 1 aromatic heterocycles. The second-order valence-electron chi connectivity index (χ2n) is 5.74. The van der Waals surface area contributed by atoms with Gasteiger partial charge in [0.05, 0.1) is 12.7 Å². The molecule has 5 nitrogen and oxygen atoms in total. The normalized spacial score (nSPS) is 10.6. The third-order valence-corrected chi connectivity index (χ3v) is 3.99. The summed E-state index contributed by atoms with van der Waals surface area (Å²) in [7, 11) is 3.07. The van der Waals surface area contributed by atoms with Gasteiger partial charge in [-0.1, -0.05) is 18.2 Å². The number of methoxy groups -OCH3 is 2. The number of ether oxygens (including phenoxy) is 2. The number of carbonyl (C=O) groups excluding carboxylic acids is 1. The number of nitrogen functional groups attached to an aromatic ring is 1. The highest BCUT2D eigenvalue weighted by molar-refractivity contribution is 5.89. The van der Waals surface area contributed by atoms with Gasteiger partial charge in [-0.15, -0.1) is 0 Å². The molecule has 0 amide bonds. The van der Waals surface area contributed by atoms with Gasteiger partial charge in [-0.05, 0) is 55.0 Å². The molecular weight excluding hydrogens is 304 g/mol. The summed E-state index contributed by atoms with van der Waals surface area (Å²) < 4.78 is 9.81. The number of rotatable bonds is 7. The molecule has 1 aromatic carbocycles. The van der Waals surface area contributed by atoms with Gasteiger partial charge in [0, 0.05) is 19.4 Å². The van der Waals surface area contributed by atoms with Crippen molar-refractivity contribution in [2.45, 2.75) is 26.2 Å². The van der Waals surface area contributed by atoms with Gasteiger partial charge < -0.3 is 15.2 Å². The zero-order valence-corrected chi connectivity index (χ0v) is 14.5. The number of aryl methyl sites for hydroxylation is 2. The number of benzene rings is 1. The second-order valence-corrected chi connectivity index (χ2v) is 5.74. The van der Waals surface area contributed by atoms with Gasteiger partial charge in [-0.3, -0.25) is 0 Å². The molecule has 0 atom stereocenters. The maximum Gasteiger partial charge on any atom is 0.337 e. The van der Waals surface area contributed by atoms with E-state index in [0.717, 1.165) is 41.6 Å². The minimum absolute atomic E-state index is 0.327.